The van der Waals surface area contributed by atoms with Crippen LogP contribution in [0.15, 0.2) is 18.2 Å². The number of hydrogen-bond donors (Lipinski definition) is 1. The molecule has 94 valence electrons. The van der Waals surface area contributed by atoms with Crippen molar-refractivity contribution in [2.75, 3.05) is 17.3 Å². The highest BCUT2D eigenvalue weighted by Gasteiger charge is 2.31. The zero-order valence-electron chi connectivity index (χ0n) is 10.1. The highest BCUT2D eigenvalue weighted by molar-refractivity contribution is 6.18. The summed E-state index contributed by atoms with van der Waals surface area (Å²) >= 11 is 5.82. The molecule has 0 saturated carbocycles. The fourth-order valence-electron chi connectivity index (χ4n) is 2.38. The minimum absolute atomic E-state index is 0.0948. The first kappa shape index (κ1) is 11.5. The summed E-state index contributed by atoms with van der Waals surface area (Å²) in [6, 6.07) is 5.96. The molecule has 1 N–H and O–H groups in total. The number of carbonyl (C=O) groups excluding carboxylic acids is 1. The molecule has 4 nitrogen and oxygen atoms in total. The van der Waals surface area contributed by atoms with Gasteiger partial charge in [-0.2, -0.15) is 0 Å². The number of nitrogens with one attached hydrogen (secondary N) is 1. The maximum atomic E-state index is 11.9. The lowest BCUT2D eigenvalue weighted by Gasteiger charge is -2.11. The van der Waals surface area contributed by atoms with Gasteiger partial charge in [0.15, 0.2) is 0 Å². The molecule has 1 fully saturated rings. The van der Waals surface area contributed by atoms with Crippen LogP contribution in [0.4, 0.5) is 5.95 Å². The number of rotatable bonds is 2. The van der Waals surface area contributed by atoms with E-state index in [-0.39, 0.29) is 11.8 Å². The second-order valence-corrected chi connectivity index (χ2v) is 5.07. The number of carbonyl (C=O) groups is 1. The fourth-order valence-corrected chi connectivity index (χ4v) is 2.59. The zero-order chi connectivity index (χ0) is 12.7. The number of aryl methyl sites for hydroxylation is 1. The monoisotopic (exact) mass is 263 g/mol. The smallest absolute Gasteiger partial charge is 0.229 e. The van der Waals surface area contributed by atoms with Gasteiger partial charge in [-0.1, -0.05) is 12.1 Å². The van der Waals surface area contributed by atoms with Crippen LogP contribution in [-0.2, 0) is 4.79 Å². The molecule has 2 heterocycles. The zero-order valence-corrected chi connectivity index (χ0v) is 10.9. The van der Waals surface area contributed by atoms with Gasteiger partial charge < -0.3 is 4.98 Å². The number of anilines is 1. The third-order valence-electron chi connectivity index (χ3n) is 3.38. The number of hydrogen-bond acceptors (Lipinski definition) is 2. The number of aromatic nitrogens is 2. The van der Waals surface area contributed by atoms with Gasteiger partial charge in [-0.05, 0) is 24.5 Å². The number of H-pyrrole nitrogens is 1. The molecule has 1 aromatic heterocycles. The standard InChI is InChI=1S/C13H14ClN3O/c1-8-3-2-4-10-12(8)16-13(15-10)17-7-9(6-14)5-11(17)18/h2-4,9H,5-7H2,1H3,(H,15,16). The van der Waals surface area contributed by atoms with E-state index >= 15 is 0 Å². The van der Waals surface area contributed by atoms with Crippen LogP contribution >= 0.6 is 11.6 Å². The normalized spacial score (nSPS) is 20.0. The molecule has 1 aliphatic rings. The fraction of sp³-hybridized carbons (Fsp3) is 0.385. The van der Waals surface area contributed by atoms with Crippen LogP contribution < -0.4 is 4.90 Å². The van der Waals surface area contributed by atoms with Gasteiger partial charge in [0, 0.05) is 18.8 Å². The Morgan fingerprint density at radius 1 is 1.56 bits per heavy atom. The number of alkyl halides is 1. The lowest BCUT2D eigenvalue weighted by atomic mass is 10.2. The molecule has 1 amide bonds. The molecule has 1 unspecified atom stereocenters. The summed E-state index contributed by atoms with van der Waals surface area (Å²) in [5, 5.41) is 0. The number of halogens is 1. The molecule has 0 bridgehead atoms. The van der Waals surface area contributed by atoms with Gasteiger partial charge in [-0.3, -0.25) is 9.69 Å². The first-order valence-corrected chi connectivity index (χ1v) is 6.54. The number of aromatic amines is 1. The van der Waals surface area contributed by atoms with Crippen molar-refractivity contribution in [3.8, 4) is 0 Å². The third-order valence-corrected chi connectivity index (χ3v) is 3.82. The van der Waals surface area contributed by atoms with E-state index in [4.69, 9.17) is 11.6 Å². The molecule has 1 aromatic carbocycles. The average molecular weight is 264 g/mol. The molecule has 1 aliphatic heterocycles. The number of nitrogens with zero attached hydrogens (tertiary/aromatic N) is 2. The van der Waals surface area contributed by atoms with Crippen LogP contribution in [-0.4, -0.2) is 28.3 Å². The van der Waals surface area contributed by atoms with Gasteiger partial charge in [0.25, 0.3) is 0 Å². The summed E-state index contributed by atoms with van der Waals surface area (Å²) < 4.78 is 0. The number of amides is 1. The summed E-state index contributed by atoms with van der Waals surface area (Å²) in [6.45, 7) is 2.67. The molecule has 0 spiro atoms. The Labute approximate surface area is 110 Å². The van der Waals surface area contributed by atoms with E-state index in [2.05, 4.69) is 9.97 Å². The Hall–Kier alpha value is -1.55. The summed E-state index contributed by atoms with van der Waals surface area (Å²) in [7, 11) is 0. The van der Waals surface area contributed by atoms with Crippen LogP contribution in [0.1, 0.15) is 12.0 Å². The van der Waals surface area contributed by atoms with Crippen molar-refractivity contribution >= 4 is 34.5 Å². The molecular formula is C13H14ClN3O. The van der Waals surface area contributed by atoms with E-state index in [1.54, 1.807) is 4.90 Å². The molecule has 18 heavy (non-hydrogen) atoms. The van der Waals surface area contributed by atoms with Gasteiger partial charge >= 0.3 is 0 Å². The van der Waals surface area contributed by atoms with Crippen LogP contribution in [0.5, 0.6) is 0 Å². The van der Waals surface area contributed by atoms with Gasteiger partial charge in [-0.15, -0.1) is 11.6 Å². The van der Waals surface area contributed by atoms with Gasteiger partial charge in [0.05, 0.1) is 11.0 Å². The molecule has 0 aliphatic carbocycles. The van der Waals surface area contributed by atoms with Gasteiger partial charge in [-0.25, -0.2) is 4.98 Å². The molecule has 3 rings (SSSR count). The minimum Gasteiger partial charge on any atom is -0.324 e. The van der Waals surface area contributed by atoms with Crippen LogP contribution in [0, 0.1) is 12.8 Å². The van der Waals surface area contributed by atoms with Crippen molar-refractivity contribution in [3.05, 3.63) is 23.8 Å². The second kappa shape index (κ2) is 4.28. The SMILES string of the molecule is Cc1cccc2[nH]c(N3CC(CCl)CC3=O)nc12. The lowest BCUT2D eigenvalue weighted by molar-refractivity contribution is -0.117. The number of imidazole rings is 1. The lowest BCUT2D eigenvalue weighted by Crippen LogP contribution is -2.25. The molecule has 5 heteroatoms. The van der Waals surface area contributed by atoms with E-state index in [0.29, 0.717) is 24.8 Å². The summed E-state index contributed by atoms with van der Waals surface area (Å²) in [6.07, 6.45) is 0.513. The van der Waals surface area contributed by atoms with Crippen LogP contribution in [0.25, 0.3) is 11.0 Å². The maximum absolute atomic E-state index is 11.9. The topological polar surface area (TPSA) is 49.0 Å². The van der Waals surface area contributed by atoms with Crippen LogP contribution in [0.3, 0.4) is 0 Å². The summed E-state index contributed by atoms with van der Waals surface area (Å²) in [5.74, 6) is 1.48. The maximum Gasteiger partial charge on any atom is 0.229 e. The van der Waals surface area contributed by atoms with Gasteiger partial charge in [0.1, 0.15) is 0 Å². The van der Waals surface area contributed by atoms with Crippen molar-refractivity contribution < 1.29 is 4.79 Å². The summed E-state index contributed by atoms with van der Waals surface area (Å²) in [5.41, 5.74) is 3.00. The predicted molar refractivity (Wildman–Crippen MR) is 72.0 cm³/mol. The minimum atomic E-state index is 0.0948. The summed E-state index contributed by atoms with van der Waals surface area (Å²) in [4.78, 5) is 21.3. The molecule has 1 saturated heterocycles. The van der Waals surface area contributed by atoms with E-state index < -0.39 is 0 Å². The van der Waals surface area contributed by atoms with Crippen molar-refractivity contribution in [2.45, 2.75) is 13.3 Å². The molecule has 2 aromatic rings. The Kier molecular flexibility index (Phi) is 2.74. The van der Waals surface area contributed by atoms with Crippen molar-refractivity contribution in [2.24, 2.45) is 5.92 Å². The quantitative estimate of drug-likeness (QED) is 0.846. The van der Waals surface area contributed by atoms with Crippen LogP contribution in [0.2, 0.25) is 0 Å². The molecule has 1 atom stereocenters. The van der Waals surface area contributed by atoms with Gasteiger partial charge in [0.2, 0.25) is 11.9 Å². The Morgan fingerprint density at radius 2 is 2.39 bits per heavy atom. The highest BCUT2D eigenvalue weighted by atomic mass is 35.5. The van der Waals surface area contributed by atoms with E-state index in [1.165, 1.54) is 0 Å². The largest absolute Gasteiger partial charge is 0.324 e. The highest BCUT2D eigenvalue weighted by Crippen LogP contribution is 2.26. The second-order valence-electron chi connectivity index (χ2n) is 4.76. The predicted octanol–water partition coefficient (Wildman–Crippen LogP) is 2.46. The molecular weight excluding hydrogens is 250 g/mol. The van der Waals surface area contributed by atoms with E-state index in [9.17, 15) is 4.79 Å². The molecule has 0 radical (unpaired) electrons. The first-order valence-electron chi connectivity index (χ1n) is 6.00. The Morgan fingerprint density at radius 3 is 3.06 bits per heavy atom. The van der Waals surface area contributed by atoms with Crippen molar-refractivity contribution in [1.82, 2.24) is 9.97 Å². The van der Waals surface area contributed by atoms with Crippen molar-refractivity contribution in [1.29, 1.82) is 0 Å². The third kappa shape index (κ3) is 1.77. The number of para-hydroxylation sites is 1. The average Bonchev–Trinajstić information content (AvgIpc) is 2.93. The number of benzene rings is 1. The Balaban J connectivity index is 2.00. The van der Waals surface area contributed by atoms with Crippen molar-refractivity contribution in [3.63, 3.8) is 0 Å². The van der Waals surface area contributed by atoms with E-state index in [0.717, 1.165) is 16.6 Å². The van der Waals surface area contributed by atoms with E-state index in [1.807, 2.05) is 25.1 Å². The Bertz CT molecular complexity index is 607. The number of fused-ring (bicyclic) bond motifs is 1. The first-order chi connectivity index (χ1) is 8.69.